The Morgan fingerprint density at radius 1 is 1.20 bits per heavy atom. The molecule has 0 aliphatic heterocycles. The number of halogens is 1. The van der Waals surface area contributed by atoms with Crippen molar-refractivity contribution in [3.8, 4) is 11.4 Å². The van der Waals surface area contributed by atoms with Crippen LogP contribution in [0.5, 0.6) is 0 Å². The van der Waals surface area contributed by atoms with Gasteiger partial charge in [0.15, 0.2) is 5.76 Å². The molecule has 7 nitrogen and oxygen atoms in total. The lowest BCUT2D eigenvalue weighted by Crippen LogP contribution is -2.24. The standard InChI is InChI=1S/C17H17FN4O3/c1-9(2)15-14(10(3)21-25-15)17(23)19-8-13-20-16(22-24-13)11-4-6-12(18)7-5-11/h4-7,9H,8H2,1-3H3,(H,19,23). The first-order chi connectivity index (χ1) is 12.0. The summed E-state index contributed by atoms with van der Waals surface area (Å²) in [6.07, 6.45) is 0. The number of hydrogen-bond donors (Lipinski definition) is 1. The molecule has 3 rings (SSSR count). The number of carbonyl (C=O) groups excluding carboxylic acids is 1. The Labute approximate surface area is 143 Å². The molecule has 0 spiro atoms. The lowest BCUT2D eigenvalue weighted by atomic mass is 10.0. The van der Waals surface area contributed by atoms with Crippen LogP contribution in [-0.2, 0) is 6.54 Å². The molecule has 3 aromatic rings. The Hall–Kier alpha value is -3.03. The van der Waals surface area contributed by atoms with Crippen LogP contribution >= 0.6 is 0 Å². The highest BCUT2D eigenvalue weighted by Gasteiger charge is 2.22. The van der Waals surface area contributed by atoms with E-state index in [9.17, 15) is 9.18 Å². The maximum absolute atomic E-state index is 12.9. The van der Waals surface area contributed by atoms with Crippen LogP contribution in [0.25, 0.3) is 11.4 Å². The van der Waals surface area contributed by atoms with Gasteiger partial charge in [-0.15, -0.1) is 0 Å². The van der Waals surface area contributed by atoms with Crippen molar-refractivity contribution in [1.29, 1.82) is 0 Å². The number of benzene rings is 1. The molecule has 0 aliphatic carbocycles. The van der Waals surface area contributed by atoms with Gasteiger partial charge in [0.1, 0.15) is 11.4 Å². The lowest BCUT2D eigenvalue weighted by Gasteiger charge is -2.05. The molecule has 0 fully saturated rings. The Balaban J connectivity index is 1.69. The van der Waals surface area contributed by atoms with Gasteiger partial charge in [0.05, 0.1) is 12.2 Å². The molecule has 1 amide bonds. The second-order valence-corrected chi connectivity index (χ2v) is 5.86. The van der Waals surface area contributed by atoms with E-state index in [0.29, 0.717) is 28.4 Å². The second-order valence-electron chi connectivity index (χ2n) is 5.86. The van der Waals surface area contributed by atoms with E-state index in [2.05, 4.69) is 20.6 Å². The number of rotatable bonds is 5. The molecule has 130 valence electrons. The number of hydrogen-bond acceptors (Lipinski definition) is 6. The smallest absolute Gasteiger partial charge is 0.257 e. The van der Waals surface area contributed by atoms with E-state index in [-0.39, 0.29) is 30.1 Å². The van der Waals surface area contributed by atoms with E-state index >= 15 is 0 Å². The molecule has 0 saturated heterocycles. The fraction of sp³-hybridized carbons (Fsp3) is 0.294. The van der Waals surface area contributed by atoms with Crippen molar-refractivity contribution < 1.29 is 18.2 Å². The molecule has 0 atom stereocenters. The maximum atomic E-state index is 12.9. The number of amides is 1. The summed E-state index contributed by atoms with van der Waals surface area (Å²) in [4.78, 5) is 16.6. The number of aryl methyl sites for hydroxylation is 1. The summed E-state index contributed by atoms with van der Waals surface area (Å²) in [5, 5.41) is 10.4. The molecule has 0 unspecified atom stereocenters. The molecular weight excluding hydrogens is 327 g/mol. The normalized spacial score (nSPS) is 11.1. The van der Waals surface area contributed by atoms with Gasteiger partial charge in [-0.3, -0.25) is 4.79 Å². The van der Waals surface area contributed by atoms with E-state index in [0.717, 1.165) is 0 Å². The first-order valence-electron chi connectivity index (χ1n) is 7.78. The molecule has 2 aromatic heterocycles. The summed E-state index contributed by atoms with van der Waals surface area (Å²) < 4.78 is 23.3. The SMILES string of the molecule is Cc1noc(C(C)C)c1C(=O)NCc1nc(-c2ccc(F)cc2)no1. The molecular formula is C17H17FN4O3. The summed E-state index contributed by atoms with van der Waals surface area (Å²) in [6.45, 7) is 5.62. The number of aromatic nitrogens is 3. The quantitative estimate of drug-likeness (QED) is 0.764. The highest BCUT2D eigenvalue weighted by atomic mass is 19.1. The molecule has 0 radical (unpaired) electrons. The highest BCUT2D eigenvalue weighted by molar-refractivity contribution is 5.96. The maximum Gasteiger partial charge on any atom is 0.257 e. The van der Waals surface area contributed by atoms with Crippen molar-refractivity contribution in [3.05, 3.63) is 53.0 Å². The third-order valence-corrected chi connectivity index (χ3v) is 3.61. The molecule has 25 heavy (non-hydrogen) atoms. The molecule has 8 heteroatoms. The molecule has 1 N–H and O–H groups in total. The minimum atomic E-state index is -0.343. The zero-order valence-electron chi connectivity index (χ0n) is 14.0. The summed E-state index contributed by atoms with van der Waals surface area (Å²) >= 11 is 0. The van der Waals surface area contributed by atoms with Gasteiger partial charge < -0.3 is 14.4 Å². The van der Waals surface area contributed by atoms with Crippen LogP contribution in [0.15, 0.2) is 33.3 Å². The van der Waals surface area contributed by atoms with Crippen molar-refractivity contribution in [1.82, 2.24) is 20.6 Å². The van der Waals surface area contributed by atoms with Gasteiger partial charge in [0, 0.05) is 11.5 Å². The average molecular weight is 344 g/mol. The van der Waals surface area contributed by atoms with E-state index < -0.39 is 0 Å². The number of carbonyl (C=O) groups is 1. The minimum absolute atomic E-state index is 0.0374. The molecule has 0 bridgehead atoms. The number of nitrogens with one attached hydrogen (secondary N) is 1. The van der Waals surface area contributed by atoms with E-state index in [1.165, 1.54) is 12.1 Å². The molecule has 1 aromatic carbocycles. The van der Waals surface area contributed by atoms with Crippen LogP contribution in [0, 0.1) is 12.7 Å². The third kappa shape index (κ3) is 3.57. The predicted octanol–water partition coefficient (Wildman–Crippen LogP) is 3.23. The van der Waals surface area contributed by atoms with Crippen LogP contribution in [-0.4, -0.2) is 21.2 Å². The van der Waals surface area contributed by atoms with Gasteiger partial charge in [-0.25, -0.2) is 4.39 Å². The molecule has 0 aliphatic rings. The highest BCUT2D eigenvalue weighted by Crippen LogP contribution is 2.22. The van der Waals surface area contributed by atoms with E-state index in [4.69, 9.17) is 9.05 Å². The fourth-order valence-electron chi connectivity index (χ4n) is 2.34. The van der Waals surface area contributed by atoms with Gasteiger partial charge in [0.25, 0.3) is 5.91 Å². The minimum Gasteiger partial charge on any atom is -0.360 e. The lowest BCUT2D eigenvalue weighted by molar-refractivity contribution is 0.0943. The van der Waals surface area contributed by atoms with Crippen LogP contribution in [0.4, 0.5) is 4.39 Å². The monoisotopic (exact) mass is 344 g/mol. The van der Waals surface area contributed by atoms with Crippen molar-refractivity contribution in [2.75, 3.05) is 0 Å². The van der Waals surface area contributed by atoms with Gasteiger partial charge in [-0.2, -0.15) is 4.98 Å². The van der Waals surface area contributed by atoms with Crippen molar-refractivity contribution in [2.24, 2.45) is 0 Å². The predicted molar refractivity (Wildman–Crippen MR) is 86.2 cm³/mol. The average Bonchev–Trinajstić information content (AvgIpc) is 3.20. The van der Waals surface area contributed by atoms with Crippen molar-refractivity contribution in [2.45, 2.75) is 33.2 Å². The fourth-order valence-corrected chi connectivity index (χ4v) is 2.34. The summed E-state index contributed by atoms with van der Waals surface area (Å²) in [7, 11) is 0. The Bertz CT molecular complexity index is 884. The Morgan fingerprint density at radius 2 is 1.92 bits per heavy atom. The first kappa shape index (κ1) is 16.8. The summed E-state index contributed by atoms with van der Waals surface area (Å²) in [5.74, 6) is 0.484. The van der Waals surface area contributed by atoms with Crippen LogP contribution in [0.3, 0.4) is 0 Å². The van der Waals surface area contributed by atoms with E-state index in [1.54, 1.807) is 19.1 Å². The number of nitrogens with zero attached hydrogens (tertiary/aromatic N) is 3. The van der Waals surface area contributed by atoms with Crippen LogP contribution < -0.4 is 5.32 Å². The van der Waals surface area contributed by atoms with Crippen LogP contribution in [0.1, 0.15) is 47.5 Å². The topological polar surface area (TPSA) is 94.1 Å². The zero-order chi connectivity index (χ0) is 18.0. The van der Waals surface area contributed by atoms with Gasteiger partial charge in [0.2, 0.25) is 11.7 Å². The van der Waals surface area contributed by atoms with Crippen molar-refractivity contribution >= 4 is 5.91 Å². The Kier molecular flexibility index (Phi) is 4.60. The van der Waals surface area contributed by atoms with Gasteiger partial charge in [-0.05, 0) is 31.2 Å². The van der Waals surface area contributed by atoms with E-state index in [1.807, 2.05) is 13.8 Å². The van der Waals surface area contributed by atoms with Crippen LogP contribution in [0.2, 0.25) is 0 Å². The second kappa shape index (κ2) is 6.84. The molecule has 2 heterocycles. The first-order valence-corrected chi connectivity index (χ1v) is 7.78. The van der Waals surface area contributed by atoms with Gasteiger partial charge >= 0.3 is 0 Å². The Morgan fingerprint density at radius 3 is 2.60 bits per heavy atom. The van der Waals surface area contributed by atoms with Crippen molar-refractivity contribution in [3.63, 3.8) is 0 Å². The zero-order valence-corrected chi connectivity index (χ0v) is 14.0. The molecule has 0 saturated carbocycles. The summed E-state index contributed by atoms with van der Waals surface area (Å²) in [6, 6.07) is 5.74. The summed E-state index contributed by atoms with van der Waals surface area (Å²) in [5.41, 5.74) is 1.58. The van der Waals surface area contributed by atoms with Gasteiger partial charge in [-0.1, -0.05) is 24.2 Å². The third-order valence-electron chi connectivity index (χ3n) is 3.61. The largest absolute Gasteiger partial charge is 0.360 e.